The monoisotopic (exact) mass is 346 g/mol. The van der Waals surface area contributed by atoms with Gasteiger partial charge in [0, 0.05) is 0 Å². The molecule has 0 aromatic carbocycles. The summed E-state index contributed by atoms with van der Waals surface area (Å²) in [5.74, 6) is 0. The summed E-state index contributed by atoms with van der Waals surface area (Å²) in [4.78, 5) is 12.0. The van der Waals surface area contributed by atoms with Crippen LogP contribution >= 0.6 is 7.77 Å². The first-order valence-corrected chi connectivity index (χ1v) is 11.1. The minimum Gasteiger partial charge on any atom is -0.629 e. The van der Waals surface area contributed by atoms with Crippen molar-refractivity contribution in [2.45, 2.75) is 84.0 Å². The van der Waals surface area contributed by atoms with Crippen LogP contribution in [0, 0.1) is 0 Å². The second-order valence-electron chi connectivity index (χ2n) is 7.86. The third-order valence-electron chi connectivity index (χ3n) is 4.12. The normalized spacial score (nSPS) is 13.3. The highest BCUT2D eigenvalue weighted by Crippen LogP contribution is 2.18. The minimum atomic E-state index is -1.54. The topological polar surface area (TPSA) is 43.3 Å². The molecule has 0 aliphatic carbocycles. The molecule has 1 atom stereocenters. The van der Waals surface area contributed by atoms with Crippen LogP contribution in [0.15, 0.2) is 0 Å². The number of hydrogen-bond acceptors (Lipinski definition) is 1. The summed E-state index contributed by atoms with van der Waals surface area (Å²) in [5, 5.41) is 9.85. The van der Waals surface area contributed by atoms with Gasteiger partial charge in [-0.3, -0.25) is 0 Å². The molecule has 0 spiro atoms. The summed E-state index contributed by atoms with van der Waals surface area (Å²) < 4.78 is 0.630. The maximum atomic E-state index is 12.0. The van der Waals surface area contributed by atoms with Gasteiger partial charge < -0.3 is 14.5 Å². The van der Waals surface area contributed by atoms with E-state index in [0.717, 1.165) is 12.8 Å². The second-order valence-corrected chi connectivity index (χ2v) is 9.58. The van der Waals surface area contributed by atoms with E-state index in [0.29, 0.717) is 17.2 Å². The Morgan fingerprint density at radius 1 is 0.783 bits per heavy atom. The highest BCUT2D eigenvalue weighted by Gasteiger charge is 2.16. The Balaban J connectivity index is 3.44. The molecule has 0 saturated heterocycles. The molecule has 0 aromatic rings. The zero-order valence-electron chi connectivity index (χ0n) is 16.1. The van der Waals surface area contributed by atoms with Crippen molar-refractivity contribution in [2.75, 3.05) is 33.8 Å². The summed E-state index contributed by atoms with van der Waals surface area (Å²) in [6, 6.07) is 0. The highest BCUT2D eigenvalue weighted by molar-refractivity contribution is 7.51. The summed E-state index contributed by atoms with van der Waals surface area (Å²) in [6.07, 6.45) is 16.4. The van der Waals surface area contributed by atoms with Gasteiger partial charge in [-0.05, 0) is 12.8 Å². The van der Waals surface area contributed by atoms with Gasteiger partial charge in [-0.1, -0.05) is 71.1 Å². The molecular weight excluding hydrogens is 305 g/mol. The van der Waals surface area contributed by atoms with E-state index in [1.54, 1.807) is 0 Å². The van der Waals surface area contributed by atoms with Crippen LogP contribution in [0.1, 0.15) is 84.0 Å². The van der Waals surface area contributed by atoms with Crippen molar-refractivity contribution in [1.82, 2.24) is 0 Å². The molecular formula is C19H41NO2P+. The van der Waals surface area contributed by atoms with Crippen LogP contribution in [-0.2, 0) is 0 Å². The molecule has 1 unspecified atom stereocenters. The molecule has 0 fully saturated rings. The number of nitrogens with zero attached hydrogens (tertiary/aromatic N) is 1. The molecule has 0 saturated carbocycles. The molecule has 0 rings (SSSR count). The Bertz CT molecular complexity index is 311. The van der Waals surface area contributed by atoms with Crippen LogP contribution in [0.3, 0.4) is 0 Å². The molecule has 0 radical (unpaired) electrons. The van der Waals surface area contributed by atoms with Crippen LogP contribution in [0.25, 0.3) is 0 Å². The van der Waals surface area contributed by atoms with E-state index in [9.17, 15) is 10.00 Å². The molecule has 23 heavy (non-hydrogen) atoms. The first kappa shape index (κ1) is 23.1. The Hall–Kier alpha value is 0.0500. The summed E-state index contributed by atoms with van der Waals surface area (Å²) >= 11 is 0. The van der Waals surface area contributed by atoms with Gasteiger partial charge in [0.1, 0.15) is 6.16 Å². The number of aliphatic hydroxyl groups excluding tert-OH is 1. The predicted octanol–water partition coefficient (Wildman–Crippen LogP) is 4.65. The summed E-state index contributed by atoms with van der Waals surface area (Å²) in [7, 11) is 4.47. The van der Waals surface area contributed by atoms with Gasteiger partial charge in [0.25, 0.3) is 5.48 Å². The van der Waals surface area contributed by atoms with Crippen molar-refractivity contribution in [3.63, 3.8) is 0 Å². The van der Waals surface area contributed by atoms with Gasteiger partial charge in [0.2, 0.25) is 0 Å². The van der Waals surface area contributed by atoms with Crippen molar-refractivity contribution < 1.29 is 14.5 Å². The minimum absolute atomic E-state index is 0.190. The van der Waals surface area contributed by atoms with E-state index in [2.05, 4.69) is 6.92 Å². The van der Waals surface area contributed by atoms with Crippen LogP contribution in [0.5, 0.6) is 0 Å². The zero-order valence-corrected chi connectivity index (χ0v) is 17.0. The molecule has 4 heteroatoms. The molecule has 0 heterocycles. The fraction of sp³-hybridized carbons (Fsp3) is 0.947. The quantitative estimate of drug-likeness (QED) is 0.266. The van der Waals surface area contributed by atoms with Gasteiger partial charge >= 0.3 is 0 Å². The van der Waals surface area contributed by atoms with E-state index < -0.39 is 7.77 Å². The lowest BCUT2D eigenvalue weighted by atomic mass is 10.1. The molecule has 138 valence electrons. The number of likely N-dealkylation sites (N-methyl/N-ethyl adjacent to an activating group) is 1. The lowest BCUT2D eigenvalue weighted by Crippen LogP contribution is -2.39. The van der Waals surface area contributed by atoms with Gasteiger partial charge in [0.15, 0.2) is 6.54 Å². The number of quaternary nitrogens is 1. The average Bonchev–Trinajstić information content (AvgIpc) is 2.46. The Labute approximate surface area is 146 Å². The van der Waals surface area contributed by atoms with Crippen molar-refractivity contribution in [3.05, 3.63) is 0 Å². The lowest BCUT2D eigenvalue weighted by Gasteiger charge is -2.22. The molecule has 0 aliphatic rings. The van der Waals surface area contributed by atoms with E-state index >= 15 is 0 Å². The largest absolute Gasteiger partial charge is 0.629 e. The van der Waals surface area contributed by atoms with Gasteiger partial charge in [-0.2, -0.15) is 0 Å². The zero-order chi connectivity index (χ0) is 17.6. The molecule has 0 amide bonds. The van der Waals surface area contributed by atoms with E-state index in [4.69, 9.17) is 0 Å². The summed E-state index contributed by atoms with van der Waals surface area (Å²) in [6.45, 7) is 2.76. The fourth-order valence-electron chi connectivity index (χ4n) is 2.73. The van der Waals surface area contributed by atoms with Crippen molar-refractivity contribution >= 4 is 13.3 Å². The van der Waals surface area contributed by atoms with Crippen LogP contribution in [-0.4, -0.2) is 48.9 Å². The van der Waals surface area contributed by atoms with Gasteiger partial charge in [0.05, 0.1) is 28.9 Å². The van der Waals surface area contributed by atoms with Gasteiger partial charge in [-0.25, -0.2) is 0 Å². The van der Waals surface area contributed by atoms with Gasteiger partial charge in [-0.15, -0.1) is 0 Å². The Kier molecular flexibility index (Phi) is 14.4. The maximum absolute atomic E-state index is 12.0. The standard InChI is InChI=1S/C19H40NO2P/c1-5-6-7-8-9-10-11-12-13-14-15-16-17-23(22)19(21)18-20(2,3)4/h5-18H2,1-4H3/p+1. The highest BCUT2D eigenvalue weighted by atomic mass is 31.1. The number of unbranched alkanes of at least 4 members (excludes halogenated alkanes) is 11. The van der Waals surface area contributed by atoms with E-state index in [1.807, 2.05) is 21.1 Å². The van der Waals surface area contributed by atoms with E-state index in [1.165, 1.54) is 64.2 Å². The van der Waals surface area contributed by atoms with Crippen molar-refractivity contribution in [2.24, 2.45) is 0 Å². The Morgan fingerprint density at radius 3 is 1.57 bits per heavy atom. The van der Waals surface area contributed by atoms with E-state index in [-0.39, 0.29) is 5.48 Å². The average molecular weight is 347 g/mol. The lowest BCUT2D eigenvalue weighted by molar-refractivity contribution is -0.861. The number of hydrogen-bond donors (Lipinski definition) is 1. The second kappa shape index (κ2) is 14.4. The predicted molar refractivity (Wildman–Crippen MR) is 103 cm³/mol. The van der Waals surface area contributed by atoms with Crippen LogP contribution < -0.4 is 4.89 Å². The number of rotatable bonds is 15. The molecule has 1 N–H and O–H groups in total. The third kappa shape index (κ3) is 16.7. The molecule has 0 aromatic heterocycles. The fourth-order valence-corrected chi connectivity index (χ4v) is 4.08. The number of aliphatic hydroxyl groups is 1. The smallest absolute Gasteiger partial charge is 0.273 e. The van der Waals surface area contributed by atoms with Crippen LogP contribution in [0.2, 0.25) is 0 Å². The summed E-state index contributed by atoms with van der Waals surface area (Å²) in [5.41, 5.74) is 0.190. The Morgan fingerprint density at radius 2 is 1.17 bits per heavy atom. The first-order valence-electron chi connectivity index (χ1n) is 9.66. The van der Waals surface area contributed by atoms with Crippen molar-refractivity contribution in [3.8, 4) is 0 Å². The maximum Gasteiger partial charge on any atom is 0.273 e. The molecule has 0 aliphatic heterocycles. The third-order valence-corrected chi connectivity index (χ3v) is 5.56. The SMILES string of the molecule is CCCCCCCCCCCCCC/[P+]([O-])=C(\O)C[N+](C)(C)C. The van der Waals surface area contributed by atoms with Crippen molar-refractivity contribution in [1.29, 1.82) is 0 Å². The molecule has 3 nitrogen and oxygen atoms in total. The first-order chi connectivity index (χ1) is 10.9. The van der Waals surface area contributed by atoms with Crippen LogP contribution in [0.4, 0.5) is 0 Å². The molecule has 0 bridgehead atoms.